The maximum Gasteiger partial charge on any atom is 0.338 e. The third-order valence-corrected chi connectivity index (χ3v) is 1.11. The summed E-state index contributed by atoms with van der Waals surface area (Å²) < 4.78 is 4.53. The number of hydrogen-bond donors (Lipinski definition) is 0. The van der Waals surface area contributed by atoms with Gasteiger partial charge in [-0.15, -0.1) is 0 Å². The van der Waals surface area contributed by atoms with E-state index in [1.807, 2.05) is 0 Å². The Kier molecular flexibility index (Phi) is 5.35. The first-order valence-corrected chi connectivity index (χ1v) is 3.50. The van der Waals surface area contributed by atoms with Crippen LogP contribution in [-0.4, -0.2) is 5.97 Å². The van der Waals surface area contributed by atoms with E-state index in [1.165, 1.54) is 0 Å². The number of esters is 1. The summed E-state index contributed by atoms with van der Waals surface area (Å²) >= 11 is 0. The molecule has 0 radical (unpaired) electrons. The van der Waals surface area contributed by atoms with Gasteiger partial charge in [-0.3, -0.25) is 0 Å². The molecule has 64 valence electrons. The molecule has 12 heavy (non-hydrogen) atoms. The molecule has 0 aromatic carbocycles. The van der Waals surface area contributed by atoms with Crippen molar-refractivity contribution in [2.75, 3.05) is 0 Å². The van der Waals surface area contributed by atoms with Crippen LogP contribution in [0.3, 0.4) is 0 Å². The quantitative estimate of drug-likeness (QED) is 0.276. The molecule has 0 saturated carbocycles. The fraction of sp³-hybridized carbons (Fsp3) is 0.100. The van der Waals surface area contributed by atoms with Crippen LogP contribution in [0.2, 0.25) is 0 Å². The summed E-state index contributed by atoms with van der Waals surface area (Å²) in [5.74, 6) is -0.390. The molecule has 2 nitrogen and oxygen atoms in total. The van der Waals surface area contributed by atoms with Crippen LogP contribution in [0.1, 0.15) is 6.92 Å². The molecule has 0 aliphatic rings. The number of ether oxygens (including phenoxy) is 1. The van der Waals surface area contributed by atoms with E-state index < -0.39 is 5.97 Å². The predicted octanol–water partition coefficient (Wildman–Crippen LogP) is 2.36. The molecular formula is C10H12O2. The van der Waals surface area contributed by atoms with Crippen molar-refractivity contribution < 1.29 is 9.53 Å². The van der Waals surface area contributed by atoms with Crippen LogP contribution >= 0.6 is 0 Å². The predicted molar refractivity (Wildman–Crippen MR) is 49.4 cm³/mol. The molecule has 0 aliphatic carbocycles. The monoisotopic (exact) mass is 164 g/mol. The first kappa shape index (κ1) is 10.4. The summed E-state index contributed by atoms with van der Waals surface area (Å²) in [5, 5.41) is 0. The number of hydrogen-bond acceptors (Lipinski definition) is 2. The Morgan fingerprint density at radius 1 is 1.33 bits per heavy atom. The van der Waals surface area contributed by atoms with Gasteiger partial charge in [0.1, 0.15) is 0 Å². The van der Waals surface area contributed by atoms with Gasteiger partial charge in [0.25, 0.3) is 0 Å². The molecular weight excluding hydrogens is 152 g/mol. The molecule has 0 atom stereocenters. The Bertz CT molecular complexity index is 234. The molecule has 2 heteroatoms. The summed E-state index contributed by atoms with van der Waals surface area (Å²) in [4.78, 5) is 10.9. The van der Waals surface area contributed by atoms with Gasteiger partial charge < -0.3 is 4.74 Å². The van der Waals surface area contributed by atoms with Crippen molar-refractivity contribution in [3.8, 4) is 0 Å². The van der Waals surface area contributed by atoms with Gasteiger partial charge in [-0.05, 0) is 6.92 Å². The molecule has 0 aliphatic heterocycles. The van der Waals surface area contributed by atoms with Gasteiger partial charge in [0.15, 0.2) is 0 Å². The van der Waals surface area contributed by atoms with Crippen LogP contribution in [0.15, 0.2) is 49.3 Å². The van der Waals surface area contributed by atoms with E-state index in [1.54, 1.807) is 31.2 Å². The topological polar surface area (TPSA) is 26.3 Å². The zero-order valence-corrected chi connectivity index (χ0v) is 7.12. The van der Waals surface area contributed by atoms with Crippen molar-refractivity contribution in [1.82, 2.24) is 0 Å². The summed E-state index contributed by atoms with van der Waals surface area (Å²) in [6, 6.07) is 0. The molecule has 0 heterocycles. The molecule has 0 spiro atoms. The molecule has 0 saturated heterocycles. The normalized spacial score (nSPS) is 11.2. The minimum absolute atomic E-state index is 0.390. The van der Waals surface area contributed by atoms with Crippen molar-refractivity contribution in [2.45, 2.75) is 6.92 Å². The second kappa shape index (κ2) is 6.16. The largest absolute Gasteiger partial charge is 0.432 e. The maximum atomic E-state index is 10.9. The van der Waals surface area contributed by atoms with Gasteiger partial charge in [-0.2, -0.15) is 0 Å². The summed E-state index contributed by atoms with van der Waals surface area (Å²) in [6.07, 6.45) is 7.82. The second-order valence-electron chi connectivity index (χ2n) is 2.04. The van der Waals surface area contributed by atoms with Crippen LogP contribution in [0.4, 0.5) is 0 Å². The van der Waals surface area contributed by atoms with Gasteiger partial charge in [0.05, 0.1) is 6.26 Å². The van der Waals surface area contributed by atoms with Crippen molar-refractivity contribution in [3.63, 3.8) is 0 Å². The number of carbonyl (C=O) groups is 1. The summed E-state index contributed by atoms with van der Waals surface area (Å²) in [7, 11) is 0. The van der Waals surface area contributed by atoms with Crippen LogP contribution in [0, 0.1) is 0 Å². The van der Waals surface area contributed by atoms with E-state index in [0.29, 0.717) is 5.57 Å². The van der Waals surface area contributed by atoms with Gasteiger partial charge in [-0.25, -0.2) is 4.79 Å². The lowest BCUT2D eigenvalue weighted by Crippen LogP contribution is -1.99. The average molecular weight is 164 g/mol. The molecule has 0 aromatic rings. The lowest BCUT2D eigenvalue weighted by atomic mass is 10.3. The average Bonchev–Trinajstić information content (AvgIpc) is 2.05. The molecule has 0 unspecified atom stereocenters. The van der Waals surface area contributed by atoms with Crippen LogP contribution < -0.4 is 0 Å². The zero-order chi connectivity index (χ0) is 9.40. The summed E-state index contributed by atoms with van der Waals surface area (Å²) in [5.41, 5.74) is 0.521. The third-order valence-electron chi connectivity index (χ3n) is 1.11. The summed E-state index contributed by atoms with van der Waals surface area (Å²) in [6.45, 7) is 8.43. The van der Waals surface area contributed by atoms with Crippen LogP contribution in [0.25, 0.3) is 0 Å². The molecule has 0 rings (SSSR count). The highest BCUT2D eigenvalue weighted by Crippen LogP contribution is 1.96. The highest BCUT2D eigenvalue weighted by Gasteiger charge is 2.00. The highest BCUT2D eigenvalue weighted by atomic mass is 16.5. The Balaban J connectivity index is 4.16. The fourth-order valence-electron chi connectivity index (χ4n) is 0.515. The molecule has 0 aromatic heterocycles. The molecule has 0 amide bonds. The molecule has 0 fully saturated rings. The van der Waals surface area contributed by atoms with E-state index in [-0.39, 0.29) is 0 Å². The van der Waals surface area contributed by atoms with Gasteiger partial charge in [-0.1, -0.05) is 37.5 Å². The van der Waals surface area contributed by atoms with E-state index in [0.717, 1.165) is 6.26 Å². The SMILES string of the molecule is C=CC=CC=C(C)C(=O)OC=C. The Morgan fingerprint density at radius 2 is 2.00 bits per heavy atom. The van der Waals surface area contributed by atoms with E-state index in [9.17, 15) is 4.79 Å². The minimum Gasteiger partial charge on any atom is -0.432 e. The first-order valence-electron chi connectivity index (χ1n) is 3.50. The Hall–Kier alpha value is -1.57. The third kappa shape index (κ3) is 4.28. The number of allylic oxidation sites excluding steroid dienone is 4. The second-order valence-corrected chi connectivity index (χ2v) is 2.04. The maximum absolute atomic E-state index is 10.9. The van der Waals surface area contributed by atoms with Gasteiger partial charge in [0.2, 0.25) is 0 Å². The van der Waals surface area contributed by atoms with Crippen LogP contribution in [0.5, 0.6) is 0 Å². The van der Waals surface area contributed by atoms with Gasteiger partial charge in [0, 0.05) is 5.57 Å². The van der Waals surface area contributed by atoms with Crippen molar-refractivity contribution in [3.05, 3.63) is 49.3 Å². The zero-order valence-electron chi connectivity index (χ0n) is 7.12. The Morgan fingerprint density at radius 3 is 2.50 bits per heavy atom. The lowest BCUT2D eigenvalue weighted by molar-refractivity contribution is -0.133. The minimum atomic E-state index is -0.390. The van der Waals surface area contributed by atoms with Gasteiger partial charge >= 0.3 is 5.97 Å². The molecule has 0 bridgehead atoms. The first-order chi connectivity index (χ1) is 5.72. The number of carbonyl (C=O) groups excluding carboxylic acids is 1. The van der Waals surface area contributed by atoms with E-state index in [4.69, 9.17) is 0 Å². The van der Waals surface area contributed by atoms with Crippen molar-refractivity contribution >= 4 is 5.97 Å². The van der Waals surface area contributed by atoms with Crippen molar-refractivity contribution in [2.24, 2.45) is 0 Å². The van der Waals surface area contributed by atoms with Crippen molar-refractivity contribution in [1.29, 1.82) is 0 Å². The standard InChI is InChI=1S/C10H12O2/c1-4-6-7-8-9(3)10(11)12-5-2/h4-8H,1-2H2,3H3. The van der Waals surface area contributed by atoms with Crippen LogP contribution in [-0.2, 0) is 9.53 Å². The lowest BCUT2D eigenvalue weighted by Gasteiger charge is -1.95. The molecule has 0 N–H and O–H groups in total. The van der Waals surface area contributed by atoms with E-state index in [2.05, 4.69) is 17.9 Å². The van der Waals surface area contributed by atoms with E-state index >= 15 is 0 Å². The highest BCUT2D eigenvalue weighted by molar-refractivity contribution is 5.88. The smallest absolute Gasteiger partial charge is 0.338 e. The number of rotatable bonds is 4. The Labute approximate surface area is 72.5 Å². The fourth-order valence-corrected chi connectivity index (χ4v) is 0.515.